The lowest BCUT2D eigenvalue weighted by Gasteiger charge is -2.28. The molecule has 2 rings (SSSR count). The van der Waals surface area contributed by atoms with Crippen molar-refractivity contribution in [2.24, 2.45) is 23.5 Å². The number of amides is 1. The van der Waals surface area contributed by atoms with E-state index in [2.05, 4.69) is 11.2 Å². The standard InChI is InChI=1S/C13H18N2O3/c1-2-3-9(13(17)18)15-12(16)10-7-4-5-8(6-7)11(10)14/h1,7-11H,3-6,14H2,(H,15,16)(H,17,18). The Morgan fingerprint density at radius 3 is 2.61 bits per heavy atom. The third kappa shape index (κ3) is 2.21. The predicted molar refractivity (Wildman–Crippen MR) is 65.3 cm³/mol. The summed E-state index contributed by atoms with van der Waals surface area (Å²) in [6.07, 6.45) is 8.19. The number of nitrogens with one attached hydrogen (secondary N) is 1. The summed E-state index contributed by atoms with van der Waals surface area (Å²) < 4.78 is 0. The van der Waals surface area contributed by atoms with Crippen LogP contribution in [0.25, 0.3) is 0 Å². The Balaban J connectivity index is 1.99. The number of hydrogen-bond acceptors (Lipinski definition) is 3. The number of carbonyl (C=O) groups is 2. The lowest BCUT2D eigenvalue weighted by molar-refractivity contribution is -0.142. The van der Waals surface area contributed by atoms with E-state index >= 15 is 0 Å². The van der Waals surface area contributed by atoms with Crippen LogP contribution in [0.4, 0.5) is 0 Å². The van der Waals surface area contributed by atoms with Gasteiger partial charge in [0.15, 0.2) is 0 Å². The van der Waals surface area contributed by atoms with Gasteiger partial charge in [-0.3, -0.25) is 4.79 Å². The fourth-order valence-corrected chi connectivity index (χ4v) is 3.31. The van der Waals surface area contributed by atoms with Gasteiger partial charge in [-0.15, -0.1) is 12.3 Å². The zero-order valence-corrected chi connectivity index (χ0v) is 10.1. The molecule has 5 unspecified atom stereocenters. The number of nitrogens with two attached hydrogens (primary N) is 1. The zero-order chi connectivity index (χ0) is 13.3. The molecule has 0 aromatic carbocycles. The second-order valence-corrected chi connectivity index (χ2v) is 5.24. The largest absolute Gasteiger partial charge is 0.480 e. The number of terminal acetylenes is 1. The normalized spacial score (nSPS) is 34.9. The summed E-state index contributed by atoms with van der Waals surface area (Å²) in [6.45, 7) is 0. The fraction of sp³-hybridized carbons (Fsp3) is 0.692. The number of hydrogen-bond donors (Lipinski definition) is 3. The summed E-state index contributed by atoms with van der Waals surface area (Å²) in [6, 6.07) is -1.14. The molecule has 2 fully saturated rings. The first-order chi connectivity index (χ1) is 8.54. The molecule has 0 heterocycles. The smallest absolute Gasteiger partial charge is 0.327 e. The molecule has 0 aromatic heterocycles. The Morgan fingerprint density at radius 2 is 2.11 bits per heavy atom. The van der Waals surface area contributed by atoms with Gasteiger partial charge in [0.2, 0.25) is 5.91 Å². The first-order valence-corrected chi connectivity index (χ1v) is 6.26. The topological polar surface area (TPSA) is 92.4 Å². The summed E-state index contributed by atoms with van der Waals surface area (Å²) >= 11 is 0. The van der Waals surface area contributed by atoms with Gasteiger partial charge in [0.05, 0.1) is 5.92 Å². The molecule has 5 heteroatoms. The predicted octanol–water partition coefficient (Wildman–Crippen LogP) is -0.0475. The van der Waals surface area contributed by atoms with E-state index in [0.29, 0.717) is 11.8 Å². The molecule has 18 heavy (non-hydrogen) atoms. The Hall–Kier alpha value is -1.54. The molecule has 0 spiro atoms. The van der Waals surface area contributed by atoms with Gasteiger partial charge >= 0.3 is 5.97 Å². The highest BCUT2D eigenvalue weighted by molar-refractivity contribution is 5.86. The highest BCUT2D eigenvalue weighted by atomic mass is 16.4. The number of carboxylic acid groups (broad SMARTS) is 1. The molecule has 98 valence electrons. The number of rotatable bonds is 4. The molecule has 2 aliphatic rings. The maximum Gasteiger partial charge on any atom is 0.327 e. The van der Waals surface area contributed by atoms with Gasteiger partial charge in [-0.25, -0.2) is 4.79 Å². The highest BCUT2D eigenvalue weighted by Gasteiger charge is 2.49. The van der Waals surface area contributed by atoms with Crippen molar-refractivity contribution in [3.05, 3.63) is 0 Å². The summed E-state index contributed by atoms with van der Waals surface area (Å²) in [5.41, 5.74) is 6.04. The van der Waals surface area contributed by atoms with Crippen molar-refractivity contribution < 1.29 is 14.7 Å². The van der Waals surface area contributed by atoms with Crippen molar-refractivity contribution in [1.29, 1.82) is 0 Å². The Bertz CT molecular complexity index is 400. The molecule has 0 aromatic rings. The third-order valence-corrected chi connectivity index (χ3v) is 4.22. The van der Waals surface area contributed by atoms with E-state index in [1.807, 2.05) is 0 Å². The first-order valence-electron chi connectivity index (χ1n) is 6.26. The van der Waals surface area contributed by atoms with Crippen LogP contribution in [0.5, 0.6) is 0 Å². The van der Waals surface area contributed by atoms with Gasteiger partial charge in [0.1, 0.15) is 6.04 Å². The number of carboxylic acids is 1. The molecule has 5 atom stereocenters. The van der Waals surface area contributed by atoms with E-state index in [1.54, 1.807) is 0 Å². The fourth-order valence-electron chi connectivity index (χ4n) is 3.31. The van der Waals surface area contributed by atoms with Crippen LogP contribution in [0, 0.1) is 30.1 Å². The maximum atomic E-state index is 12.1. The number of fused-ring (bicyclic) bond motifs is 2. The average Bonchev–Trinajstić information content (AvgIpc) is 2.88. The van der Waals surface area contributed by atoms with E-state index < -0.39 is 12.0 Å². The molecule has 2 aliphatic carbocycles. The lowest BCUT2D eigenvalue weighted by atomic mass is 9.84. The van der Waals surface area contributed by atoms with E-state index in [-0.39, 0.29) is 24.3 Å². The van der Waals surface area contributed by atoms with Crippen molar-refractivity contribution in [3.8, 4) is 12.3 Å². The maximum absolute atomic E-state index is 12.1. The second-order valence-electron chi connectivity index (χ2n) is 5.24. The van der Waals surface area contributed by atoms with Crippen LogP contribution in [-0.2, 0) is 9.59 Å². The van der Waals surface area contributed by atoms with Crippen molar-refractivity contribution in [1.82, 2.24) is 5.32 Å². The van der Waals surface area contributed by atoms with Crippen LogP contribution < -0.4 is 11.1 Å². The van der Waals surface area contributed by atoms with Gasteiger partial charge in [-0.05, 0) is 31.1 Å². The minimum Gasteiger partial charge on any atom is -0.480 e. The quantitative estimate of drug-likeness (QED) is 0.610. The van der Waals surface area contributed by atoms with Crippen LogP contribution in [0.1, 0.15) is 25.7 Å². The van der Waals surface area contributed by atoms with Crippen molar-refractivity contribution in [3.63, 3.8) is 0 Å². The molecule has 0 radical (unpaired) electrons. The third-order valence-electron chi connectivity index (χ3n) is 4.22. The zero-order valence-electron chi connectivity index (χ0n) is 10.1. The van der Waals surface area contributed by atoms with Crippen molar-refractivity contribution >= 4 is 11.9 Å². The van der Waals surface area contributed by atoms with E-state index in [9.17, 15) is 9.59 Å². The Labute approximate surface area is 106 Å². The van der Waals surface area contributed by atoms with Crippen LogP contribution in [0.2, 0.25) is 0 Å². The van der Waals surface area contributed by atoms with Crippen molar-refractivity contribution in [2.45, 2.75) is 37.8 Å². The lowest BCUT2D eigenvalue weighted by Crippen LogP contribution is -2.50. The van der Waals surface area contributed by atoms with Gasteiger partial charge in [0.25, 0.3) is 0 Å². The average molecular weight is 250 g/mol. The monoisotopic (exact) mass is 250 g/mol. The minimum absolute atomic E-state index is 0.00285. The summed E-state index contributed by atoms with van der Waals surface area (Å²) in [7, 11) is 0. The second kappa shape index (κ2) is 4.99. The van der Waals surface area contributed by atoms with Crippen LogP contribution in [0.3, 0.4) is 0 Å². The summed E-state index contributed by atoms with van der Waals surface area (Å²) in [5.74, 6) is 1.39. The molecule has 4 N–H and O–H groups in total. The Morgan fingerprint density at radius 1 is 1.44 bits per heavy atom. The molecule has 0 aliphatic heterocycles. The molecule has 2 saturated carbocycles. The van der Waals surface area contributed by atoms with Gasteiger partial charge < -0.3 is 16.2 Å². The SMILES string of the molecule is C#CCC(NC(=O)C1C2CCC(C2)C1N)C(=O)O. The molecule has 5 nitrogen and oxygen atoms in total. The van der Waals surface area contributed by atoms with E-state index in [4.69, 9.17) is 17.3 Å². The van der Waals surface area contributed by atoms with Crippen LogP contribution >= 0.6 is 0 Å². The number of aliphatic carboxylic acids is 1. The molecule has 1 amide bonds. The van der Waals surface area contributed by atoms with Crippen LogP contribution in [0.15, 0.2) is 0 Å². The van der Waals surface area contributed by atoms with Gasteiger partial charge in [0, 0.05) is 12.5 Å². The minimum atomic E-state index is -1.10. The van der Waals surface area contributed by atoms with Crippen molar-refractivity contribution in [2.75, 3.05) is 0 Å². The Kier molecular flexibility index (Phi) is 3.58. The molecular formula is C13H18N2O3. The molecule has 2 bridgehead atoms. The van der Waals surface area contributed by atoms with E-state index in [0.717, 1.165) is 19.3 Å². The van der Waals surface area contributed by atoms with Gasteiger partial charge in [-0.1, -0.05) is 0 Å². The molecular weight excluding hydrogens is 232 g/mol. The summed E-state index contributed by atoms with van der Waals surface area (Å²) in [5, 5.41) is 11.5. The van der Waals surface area contributed by atoms with Gasteiger partial charge in [-0.2, -0.15) is 0 Å². The van der Waals surface area contributed by atoms with Crippen LogP contribution in [-0.4, -0.2) is 29.1 Å². The highest BCUT2D eigenvalue weighted by Crippen LogP contribution is 2.47. The molecule has 0 saturated heterocycles. The first kappa shape index (κ1) is 12.9. The number of carbonyl (C=O) groups excluding carboxylic acids is 1. The van der Waals surface area contributed by atoms with E-state index in [1.165, 1.54) is 0 Å². The summed E-state index contributed by atoms with van der Waals surface area (Å²) in [4.78, 5) is 23.1.